The summed E-state index contributed by atoms with van der Waals surface area (Å²) < 4.78 is 0. The van der Waals surface area contributed by atoms with Gasteiger partial charge in [0.25, 0.3) is 0 Å². The van der Waals surface area contributed by atoms with Gasteiger partial charge in [0.05, 0.1) is 0 Å². The molecule has 0 aromatic carbocycles. The highest BCUT2D eigenvalue weighted by molar-refractivity contribution is 6.35. The lowest BCUT2D eigenvalue weighted by Crippen LogP contribution is -2.34. The number of rotatable bonds is 3. The predicted molar refractivity (Wildman–Crippen MR) is 71.3 cm³/mol. The third-order valence-electron chi connectivity index (χ3n) is 3.41. The first-order valence-corrected chi connectivity index (χ1v) is 6.61. The van der Waals surface area contributed by atoms with Crippen LogP contribution < -0.4 is 10.6 Å². The molecule has 4 nitrogen and oxygen atoms in total. The van der Waals surface area contributed by atoms with Gasteiger partial charge in [0.1, 0.15) is 17.2 Å². The molecule has 0 bridgehead atoms. The van der Waals surface area contributed by atoms with Gasteiger partial charge in [0.15, 0.2) is 5.82 Å². The molecule has 0 atom stereocenters. The standard InChI is InChI=1S/C12H19ClN4/c1-2-3-9-4-6-17(7-5-9)12-10(13)11(14)15-8-16-12/h8-9H,2-7H2,1H3,(H2,14,15,16). The van der Waals surface area contributed by atoms with Crippen molar-refractivity contribution < 1.29 is 0 Å². The number of nitrogens with zero attached hydrogens (tertiary/aromatic N) is 3. The fourth-order valence-corrected chi connectivity index (χ4v) is 2.65. The predicted octanol–water partition coefficient (Wildman–Crippen LogP) is 2.73. The summed E-state index contributed by atoms with van der Waals surface area (Å²) in [5, 5.41) is 0.487. The minimum Gasteiger partial charge on any atom is -0.382 e. The lowest BCUT2D eigenvalue weighted by atomic mass is 9.92. The molecule has 2 rings (SSSR count). The average molecular weight is 255 g/mol. The minimum absolute atomic E-state index is 0.368. The molecule has 0 amide bonds. The van der Waals surface area contributed by atoms with Crippen molar-refractivity contribution in [3.05, 3.63) is 11.3 Å². The SMILES string of the molecule is CCCC1CCN(c2ncnc(N)c2Cl)CC1. The molecule has 2 heterocycles. The van der Waals surface area contributed by atoms with E-state index < -0.39 is 0 Å². The second kappa shape index (κ2) is 5.54. The van der Waals surface area contributed by atoms with Crippen molar-refractivity contribution in [2.75, 3.05) is 23.7 Å². The second-order valence-corrected chi connectivity index (χ2v) is 4.99. The number of piperidine rings is 1. The Morgan fingerprint density at radius 3 is 2.76 bits per heavy atom. The largest absolute Gasteiger partial charge is 0.382 e. The van der Waals surface area contributed by atoms with E-state index in [0.29, 0.717) is 10.8 Å². The van der Waals surface area contributed by atoms with E-state index in [1.807, 2.05) is 0 Å². The van der Waals surface area contributed by atoms with E-state index in [1.165, 1.54) is 32.0 Å². The zero-order valence-corrected chi connectivity index (χ0v) is 11.0. The first kappa shape index (κ1) is 12.4. The van der Waals surface area contributed by atoms with E-state index in [9.17, 15) is 0 Å². The first-order chi connectivity index (χ1) is 8.22. The maximum atomic E-state index is 6.13. The third-order valence-corrected chi connectivity index (χ3v) is 3.77. The van der Waals surface area contributed by atoms with Crippen LogP contribution in [0.2, 0.25) is 5.02 Å². The van der Waals surface area contributed by atoms with Gasteiger partial charge in [-0.2, -0.15) is 0 Å². The molecular weight excluding hydrogens is 236 g/mol. The zero-order chi connectivity index (χ0) is 12.3. The van der Waals surface area contributed by atoms with E-state index in [4.69, 9.17) is 17.3 Å². The Bertz CT molecular complexity index is 375. The summed E-state index contributed by atoms with van der Waals surface area (Å²) in [4.78, 5) is 10.3. The summed E-state index contributed by atoms with van der Waals surface area (Å²) >= 11 is 6.13. The maximum Gasteiger partial charge on any atom is 0.153 e. The molecule has 2 N–H and O–H groups in total. The lowest BCUT2D eigenvalue weighted by molar-refractivity contribution is 0.377. The van der Waals surface area contributed by atoms with Crippen LogP contribution in [0.5, 0.6) is 0 Å². The van der Waals surface area contributed by atoms with E-state index in [2.05, 4.69) is 21.8 Å². The van der Waals surface area contributed by atoms with Crippen LogP contribution in [0.25, 0.3) is 0 Å². The number of halogens is 1. The molecule has 94 valence electrons. The molecule has 1 aliphatic heterocycles. The van der Waals surface area contributed by atoms with Crippen LogP contribution in [0.4, 0.5) is 11.6 Å². The highest BCUT2D eigenvalue weighted by atomic mass is 35.5. The molecule has 0 aliphatic carbocycles. The Balaban J connectivity index is 2.03. The molecule has 0 radical (unpaired) electrons. The van der Waals surface area contributed by atoms with Crippen LogP contribution >= 0.6 is 11.6 Å². The van der Waals surface area contributed by atoms with Gasteiger partial charge in [0.2, 0.25) is 0 Å². The first-order valence-electron chi connectivity index (χ1n) is 6.23. The molecule has 0 saturated carbocycles. The molecule has 1 aromatic heterocycles. The zero-order valence-electron chi connectivity index (χ0n) is 10.2. The highest BCUT2D eigenvalue weighted by Gasteiger charge is 2.21. The summed E-state index contributed by atoms with van der Waals surface area (Å²) in [5.74, 6) is 2.01. The Kier molecular flexibility index (Phi) is 4.05. The maximum absolute atomic E-state index is 6.13. The fourth-order valence-electron chi connectivity index (χ4n) is 2.44. The van der Waals surface area contributed by atoms with Gasteiger partial charge in [-0.25, -0.2) is 9.97 Å². The van der Waals surface area contributed by atoms with Crippen molar-refractivity contribution in [2.45, 2.75) is 32.6 Å². The van der Waals surface area contributed by atoms with Gasteiger partial charge in [-0.3, -0.25) is 0 Å². The number of anilines is 2. The number of nitrogens with two attached hydrogens (primary N) is 1. The number of hydrogen-bond acceptors (Lipinski definition) is 4. The van der Waals surface area contributed by atoms with E-state index in [0.717, 1.165) is 24.8 Å². The van der Waals surface area contributed by atoms with Gasteiger partial charge < -0.3 is 10.6 Å². The van der Waals surface area contributed by atoms with Gasteiger partial charge >= 0.3 is 0 Å². The summed E-state index contributed by atoms with van der Waals surface area (Å²) in [7, 11) is 0. The van der Waals surface area contributed by atoms with Gasteiger partial charge in [0, 0.05) is 13.1 Å². The monoisotopic (exact) mass is 254 g/mol. The third kappa shape index (κ3) is 2.80. The van der Waals surface area contributed by atoms with E-state index in [1.54, 1.807) is 0 Å². The van der Waals surface area contributed by atoms with Crippen LogP contribution in [0.3, 0.4) is 0 Å². The molecule has 0 spiro atoms. The second-order valence-electron chi connectivity index (χ2n) is 4.62. The van der Waals surface area contributed by atoms with Crippen molar-refractivity contribution in [1.29, 1.82) is 0 Å². The van der Waals surface area contributed by atoms with Crippen LogP contribution in [-0.2, 0) is 0 Å². The van der Waals surface area contributed by atoms with Gasteiger partial charge in [-0.1, -0.05) is 31.4 Å². The van der Waals surface area contributed by atoms with Gasteiger partial charge in [-0.05, 0) is 18.8 Å². The number of hydrogen-bond donors (Lipinski definition) is 1. The van der Waals surface area contributed by atoms with Crippen LogP contribution in [0.1, 0.15) is 32.6 Å². The van der Waals surface area contributed by atoms with Crippen molar-refractivity contribution >= 4 is 23.2 Å². The Hall–Kier alpha value is -1.03. The van der Waals surface area contributed by atoms with Crippen molar-refractivity contribution in [2.24, 2.45) is 5.92 Å². The normalized spacial score (nSPS) is 17.4. The molecule has 17 heavy (non-hydrogen) atoms. The molecule has 1 fully saturated rings. The molecule has 0 unspecified atom stereocenters. The van der Waals surface area contributed by atoms with Crippen LogP contribution in [-0.4, -0.2) is 23.1 Å². The van der Waals surface area contributed by atoms with Gasteiger partial charge in [-0.15, -0.1) is 0 Å². The highest BCUT2D eigenvalue weighted by Crippen LogP contribution is 2.31. The lowest BCUT2D eigenvalue weighted by Gasteiger charge is -2.33. The summed E-state index contributed by atoms with van der Waals surface area (Å²) in [5.41, 5.74) is 5.69. The van der Waals surface area contributed by atoms with E-state index in [-0.39, 0.29) is 0 Å². The van der Waals surface area contributed by atoms with Crippen LogP contribution in [0.15, 0.2) is 6.33 Å². The summed E-state index contributed by atoms with van der Waals surface area (Å²) in [6.45, 7) is 4.27. The molecule has 5 heteroatoms. The molecule has 1 aromatic rings. The van der Waals surface area contributed by atoms with E-state index >= 15 is 0 Å². The topological polar surface area (TPSA) is 55.0 Å². The fraction of sp³-hybridized carbons (Fsp3) is 0.667. The van der Waals surface area contributed by atoms with Crippen molar-refractivity contribution in [3.63, 3.8) is 0 Å². The van der Waals surface area contributed by atoms with Crippen LogP contribution in [0, 0.1) is 5.92 Å². The Morgan fingerprint density at radius 2 is 2.12 bits per heavy atom. The Morgan fingerprint density at radius 1 is 1.41 bits per heavy atom. The quantitative estimate of drug-likeness (QED) is 0.901. The van der Waals surface area contributed by atoms with Crippen molar-refractivity contribution in [3.8, 4) is 0 Å². The number of aromatic nitrogens is 2. The summed E-state index contributed by atoms with van der Waals surface area (Å²) in [6, 6.07) is 0. The minimum atomic E-state index is 0.368. The summed E-state index contributed by atoms with van der Waals surface area (Å²) in [6.07, 6.45) is 6.51. The molecule has 1 saturated heterocycles. The molecule has 1 aliphatic rings. The Labute approximate surface area is 107 Å². The number of nitrogen functional groups attached to an aromatic ring is 1. The smallest absolute Gasteiger partial charge is 0.153 e. The average Bonchev–Trinajstić information content (AvgIpc) is 2.34. The molecular formula is C12H19ClN4. The van der Waals surface area contributed by atoms with Crippen molar-refractivity contribution in [1.82, 2.24) is 9.97 Å².